The summed E-state index contributed by atoms with van der Waals surface area (Å²) in [7, 11) is 3.41. The predicted octanol–water partition coefficient (Wildman–Crippen LogP) is 2.56. The Balaban J connectivity index is 2.49. The van der Waals surface area contributed by atoms with Gasteiger partial charge in [-0.1, -0.05) is 13.8 Å². The molecule has 0 saturated heterocycles. The summed E-state index contributed by atoms with van der Waals surface area (Å²) in [5.41, 5.74) is 1.27. The van der Waals surface area contributed by atoms with Gasteiger partial charge in [0.2, 0.25) is 0 Å². The fraction of sp³-hybridized carbons (Fsp3) is 0.467. The molecule has 0 atom stereocenters. The molecule has 0 unspecified atom stereocenters. The summed E-state index contributed by atoms with van der Waals surface area (Å²) in [4.78, 5) is 24.8. The van der Waals surface area contributed by atoms with Gasteiger partial charge in [0.25, 0.3) is 5.91 Å². The third-order valence-corrected chi connectivity index (χ3v) is 2.80. The molecule has 0 saturated carbocycles. The van der Waals surface area contributed by atoms with Crippen LogP contribution in [0.3, 0.4) is 0 Å². The van der Waals surface area contributed by atoms with Gasteiger partial charge in [-0.3, -0.25) is 4.79 Å². The first-order chi connectivity index (χ1) is 9.40. The van der Waals surface area contributed by atoms with E-state index in [0.717, 1.165) is 6.42 Å². The zero-order valence-corrected chi connectivity index (χ0v) is 12.6. The van der Waals surface area contributed by atoms with E-state index in [-0.39, 0.29) is 11.9 Å². The second kappa shape index (κ2) is 7.53. The molecule has 110 valence electrons. The van der Waals surface area contributed by atoms with E-state index in [9.17, 15) is 9.59 Å². The molecule has 0 aromatic heterocycles. The molecular weight excluding hydrogens is 254 g/mol. The van der Waals surface area contributed by atoms with Gasteiger partial charge in [-0.2, -0.15) is 0 Å². The zero-order chi connectivity index (χ0) is 15.1. The highest BCUT2D eigenvalue weighted by molar-refractivity contribution is 5.95. The summed E-state index contributed by atoms with van der Waals surface area (Å²) in [6.07, 6.45) is 0.948. The minimum Gasteiger partial charge on any atom is -0.345 e. The van der Waals surface area contributed by atoms with E-state index in [1.807, 2.05) is 0 Å². The number of carbonyl (C=O) groups excluding carboxylic acids is 2. The van der Waals surface area contributed by atoms with Crippen LogP contribution in [0.5, 0.6) is 0 Å². The smallest absolute Gasteiger partial charge is 0.319 e. The molecule has 0 heterocycles. The van der Waals surface area contributed by atoms with Crippen LogP contribution in [0.15, 0.2) is 24.3 Å². The third-order valence-electron chi connectivity index (χ3n) is 2.80. The van der Waals surface area contributed by atoms with Crippen molar-refractivity contribution in [3.05, 3.63) is 29.8 Å². The summed E-state index contributed by atoms with van der Waals surface area (Å²) >= 11 is 0. The van der Waals surface area contributed by atoms with Crippen LogP contribution >= 0.6 is 0 Å². The van der Waals surface area contributed by atoms with Crippen LogP contribution in [0.25, 0.3) is 0 Å². The van der Waals surface area contributed by atoms with Crippen LogP contribution in [-0.2, 0) is 0 Å². The number of hydrogen-bond donors (Lipinski definition) is 2. The highest BCUT2D eigenvalue weighted by atomic mass is 16.2. The molecule has 20 heavy (non-hydrogen) atoms. The molecule has 1 rings (SSSR count). The molecule has 0 spiro atoms. The third kappa shape index (κ3) is 5.30. The molecular formula is C15H23N3O2. The number of carbonyl (C=O) groups is 2. The number of nitrogens with one attached hydrogen (secondary N) is 2. The Kier molecular flexibility index (Phi) is 6.03. The average Bonchev–Trinajstić information content (AvgIpc) is 2.38. The first-order valence-corrected chi connectivity index (χ1v) is 6.76. The molecule has 0 aliphatic heterocycles. The van der Waals surface area contributed by atoms with Gasteiger partial charge in [-0.25, -0.2) is 4.79 Å². The Morgan fingerprint density at radius 1 is 1.15 bits per heavy atom. The van der Waals surface area contributed by atoms with E-state index < -0.39 is 0 Å². The molecule has 0 fully saturated rings. The second-order valence-corrected chi connectivity index (χ2v) is 5.34. The van der Waals surface area contributed by atoms with Gasteiger partial charge >= 0.3 is 6.03 Å². The van der Waals surface area contributed by atoms with E-state index in [1.165, 1.54) is 4.90 Å². The number of urea groups is 1. The lowest BCUT2D eigenvalue weighted by atomic mass is 10.1. The monoisotopic (exact) mass is 277 g/mol. The van der Waals surface area contributed by atoms with Crippen LogP contribution in [0.4, 0.5) is 10.5 Å². The standard InChI is InChI=1S/C15H23N3O2/c1-11(2)9-10-16-15(20)17-13-7-5-12(6-8-13)14(19)18(3)4/h5-8,11H,9-10H2,1-4H3,(H2,16,17,20). The lowest BCUT2D eigenvalue weighted by molar-refractivity contribution is 0.0827. The summed E-state index contributed by atoms with van der Waals surface area (Å²) in [6, 6.07) is 6.62. The van der Waals surface area contributed by atoms with Crippen molar-refractivity contribution in [2.24, 2.45) is 5.92 Å². The second-order valence-electron chi connectivity index (χ2n) is 5.34. The molecule has 1 aromatic carbocycles. The summed E-state index contributed by atoms with van der Waals surface area (Å²) in [6.45, 7) is 4.88. The number of benzene rings is 1. The lowest BCUT2D eigenvalue weighted by Gasteiger charge is -2.11. The predicted molar refractivity (Wildman–Crippen MR) is 80.9 cm³/mol. The molecule has 5 heteroatoms. The highest BCUT2D eigenvalue weighted by Gasteiger charge is 2.08. The number of rotatable bonds is 5. The molecule has 3 amide bonds. The number of nitrogens with zero attached hydrogens (tertiary/aromatic N) is 1. The van der Waals surface area contributed by atoms with Crippen molar-refractivity contribution in [2.75, 3.05) is 26.0 Å². The normalized spacial score (nSPS) is 10.2. The largest absolute Gasteiger partial charge is 0.345 e. The number of anilines is 1. The van der Waals surface area contributed by atoms with E-state index >= 15 is 0 Å². The van der Waals surface area contributed by atoms with Crippen molar-refractivity contribution in [2.45, 2.75) is 20.3 Å². The van der Waals surface area contributed by atoms with Crippen molar-refractivity contribution in [3.8, 4) is 0 Å². The van der Waals surface area contributed by atoms with Gasteiger partial charge in [0.15, 0.2) is 0 Å². The van der Waals surface area contributed by atoms with E-state index in [0.29, 0.717) is 23.7 Å². The highest BCUT2D eigenvalue weighted by Crippen LogP contribution is 2.10. The molecule has 5 nitrogen and oxygen atoms in total. The maximum absolute atomic E-state index is 11.7. The SMILES string of the molecule is CC(C)CCNC(=O)Nc1ccc(C(=O)N(C)C)cc1. The van der Waals surface area contributed by atoms with Crippen LogP contribution in [0.2, 0.25) is 0 Å². The Bertz CT molecular complexity index is 453. The molecule has 0 aliphatic rings. The van der Waals surface area contributed by atoms with E-state index in [4.69, 9.17) is 0 Å². The maximum Gasteiger partial charge on any atom is 0.319 e. The summed E-state index contributed by atoms with van der Waals surface area (Å²) < 4.78 is 0. The van der Waals surface area contributed by atoms with Gasteiger partial charge in [0.05, 0.1) is 0 Å². The first-order valence-electron chi connectivity index (χ1n) is 6.76. The van der Waals surface area contributed by atoms with Crippen molar-refractivity contribution >= 4 is 17.6 Å². The number of hydrogen-bond acceptors (Lipinski definition) is 2. The van der Waals surface area contributed by atoms with Crippen molar-refractivity contribution in [1.82, 2.24) is 10.2 Å². The molecule has 0 radical (unpaired) electrons. The Morgan fingerprint density at radius 2 is 1.75 bits per heavy atom. The van der Waals surface area contributed by atoms with Crippen LogP contribution in [-0.4, -0.2) is 37.5 Å². The van der Waals surface area contributed by atoms with Gasteiger partial charge in [-0.15, -0.1) is 0 Å². The van der Waals surface area contributed by atoms with Gasteiger partial charge in [-0.05, 0) is 36.6 Å². The Morgan fingerprint density at radius 3 is 2.25 bits per heavy atom. The topological polar surface area (TPSA) is 61.4 Å². The van der Waals surface area contributed by atoms with Crippen molar-refractivity contribution < 1.29 is 9.59 Å². The molecule has 1 aromatic rings. The summed E-state index contributed by atoms with van der Waals surface area (Å²) in [5.74, 6) is 0.504. The minimum atomic E-state index is -0.225. The minimum absolute atomic E-state index is 0.0575. The van der Waals surface area contributed by atoms with E-state index in [1.54, 1.807) is 38.4 Å². The fourth-order valence-electron chi connectivity index (χ4n) is 1.60. The van der Waals surface area contributed by atoms with Crippen molar-refractivity contribution in [1.29, 1.82) is 0 Å². The van der Waals surface area contributed by atoms with E-state index in [2.05, 4.69) is 24.5 Å². The first kappa shape index (κ1) is 16.0. The van der Waals surface area contributed by atoms with Crippen LogP contribution in [0, 0.1) is 5.92 Å². The fourth-order valence-corrected chi connectivity index (χ4v) is 1.60. The molecule has 2 N–H and O–H groups in total. The zero-order valence-electron chi connectivity index (χ0n) is 12.6. The van der Waals surface area contributed by atoms with Gasteiger partial charge in [0, 0.05) is 31.9 Å². The van der Waals surface area contributed by atoms with Gasteiger partial charge < -0.3 is 15.5 Å². The van der Waals surface area contributed by atoms with Crippen molar-refractivity contribution in [3.63, 3.8) is 0 Å². The Hall–Kier alpha value is -2.04. The average molecular weight is 277 g/mol. The van der Waals surface area contributed by atoms with Crippen LogP contribution in [0.1, 0.15) is 30.6 Å². The molecule has 0 aliphatic carbocycles. The number of amides is 3. The maximum atomic E-state index is 11.7. The quantitative estimate of drug-likeness (QED) is 0.869. The van der Waals surface area contributed by atoms with Gasteiger partial charge in [0.1, 0.15) is 0 Å². The Labute approximate surface area is 120 Å². The lowest BCUT2D eigenvalue weighted by Crippen LogP contribution is -2.30. The van der Waals surface area contributed by atoms with Crippen LogP contribution < -0.4 is 10.6 Å². The molecule has 0 bridgehead atoms. The summed E-state index contributed by atoms with van der Waals surface area (Å²) in [5, 5.41) is 5.53.